The Morgan fingerprint density at radius 1 is 1.06 bits per heavy atom. The number of aromatic hydroxyl groups is 1. The number of anilines is 2. The largest absolute Gasteiger partial charge is 0.508 e. The van der Waals surface area contributed by atoms with Crippen LogP contribution in [0, 0.1) is 5.41 Å². The maximum Gasteiger partial charge on any atom is 0.261 e. The molecule has 0 spiro atoms. The van der Waals surface area contributed by atoms with E-state index in [1.54, 1.807) is 18.3 Å². The second kappa shape index (κ2) is 7.62. The van der Waals surface area contributed by atoms with Crippen LogP contribution in [0.25, 0.3) is 5.65 Å². The first-order valence-electron chi connectivity index (χ1n) is 10.7. The molecule has 3 rings (SSSR count). The Labute approximate surface area is 184 Å². The molecule has 3 aromatic rings. The fraction of sp³-hybridized carbons (Fsp3) is 0.500. The Morgan fingerprint density at radius 3 is 2.23 bits per heavy atom. The first-order chi connectivity index (χ1) is 14.2. The van der Waals surface area contributed by atoms with Gasteiger partial charge in [0.05, 0.1) is 5.69 Å². The van der Waals surface area contributed by atoms with Crippen LogP contribution in [-0.2, 0) is 5.41 Å². The van der Waals surface area contributed by atoms with E-state index in [1.165, 1.54) is 12.1 Å². The number of carbonyl (C=O) groups is 1. The Hall–Kier alpha value is -2.96. The lowest BCUT2D eigenvalue weighted by Gasteiger charge is -2.34. The lowest BCUT2D eigenvalue weighted by molar-refractivity contribution is 0.102. The van der Waals surface area contributed by atoms with Crippen molar-refractivity contribution >= 4 is 23.1 Å². The molecule has 0 aliphatic rings. The van der Waals surface area contributed by atoms with Crippen molar-refractivity contribution in [2.24, 2.45) is 5.41 Å². The van der Waals surface area contributed by atoms with Crippen molar-refractivity contribution in [2.75, 3.05) is 10.6 Å². The zero-order valence-corrected chi connectivity index (χ0v) is 19.8. The summed E-state index contributed by atoms with van der Waals surface area (Å²) in [5, 5.41) is 19.2. The molecule has 31 heavy (non-hydrogen) atoms. The Morgan fingerprint density at radius 2 is 1.68 bits per heavy atom. The number of rotatable bonds is 5. The number of nitrogens with one attached hydrogen (secondary N) is 3. The van der Waals surface area contributed by atoms with Gasteiger partial charge in [0.25, 0.3) is 5.91 Å². The van der Waals surface area contributed by atoms with Crippen molar-refractivity contribution in [3.8, 4) is 5.75 Å². The lowest BCUT2D eigenvalue weighted by Crippen LogP contribution is -2.36. The van der Waals surface area contributed by atoms with Crippen LogP contribution in [0.1, 0.15) is 77.9 Å². The minimum absolute atomic E-state index is 0.152. The van der Waals surface area contributed by atoms with E-state index in [0.717, 1.165) is 17.9 Å². The predicted molar refractivity (Wildman–Crippen MR) is 126 cm³/mol. The fourth-order valence-electron chi connectivity index (χ4n) is 4.16. The van der Waals surface area contributed by atoms with E-state index >= 15 is 0 Å². The molecule has 1 amide bonds. The third-order valence-electron chi connectivity index (χ3n) is 4.97. The predicted octanol–water partition coefficient (Wildman–Crippen LogP) is 5.54. The number of fused-ring (bicyclic) bond motifs is 1. The van der Waals surface area contributed by atoms with Gasteiger partial charge in [0, 0.05) is 22.8 Å². The second-order valence-corrected chi connectivity index (χ2v) is 11.2. The molecular formula is C24H35N5O2. The van der Waals surface area contributed by atoms with Crippen LogP contribution in [0.5, 0.6) is 5.75 Å². The maximum absolute atomic E-state index is 12.9. The number of carbonyl (C=O) groups excluding carboxylic acids is 1. The van der Waals surface area contributed by atoms with Gasteiger partial charge in [-0.05, 0) is 49.9 Å². The number of imidazole rings is 1. The summed E-state index contributed by atoms with van der Waals surface area (Å²) in [4.78, 5) is 17.8. The molecule has 0 fully saturated rings. The van der Waals surface area contributed by atoms with Crippen LogP contribution in [0.2, 0.25) is 0 Å². The van der Waals surface area contributed by atoms with E-state index in [9.17, 15) is 9.90 Å². The number of H-pyrrole nitrogens is 1. The van der Waals surface area contributed by atoms with Gasteiger partial charge in [-0.3, -0.25) is 9.89 Å². The summed E-state index contributed by atoms with van der Waals surface area (Å²) < 4.78 is 1.86. The zero-order valence-electron chi connectivity index (χ0n) is 19.8. The maximum atomic E-state index is 12.9. The highest BCUT2D eigenvalue weighted by Gasteiger charge is 2.32. The van der Waals surface area contributed by atoms with Crippen LogP contribution in [0.3, 0.4) is 0 Å². The van der Waals surface area contributed by atoms with Crippen molar-refractivity contribution < 1.29 is 9.90 Å². The number of nitrogens with zero attached hydrogens (tertiary/aromatic N) is 2. The third-order valence-corrected chi connectivity index (χ3v) is 4.97. The Kier molecular flexibility index (Phi) is 5.59. The average Bonchev–Trinajstić information content (AvgIpc) is 3.14. The molecular weight excluding hydrogens is 390 g/mol. The van der Waals surface area contributed by atoms with Crippen molar-refractivity contribution in [3.05, 3.63) is 41.7 Å². The molecule has 0 radical (unpaired) electrons. The molecule has 0 atom stereocenters. The van der Waals surface area contributed by atoms with Crippen LogP contribution in [0.4, 0.5) is 11.5 Å². The number of aromatic nitrogens is 3. The van der Waals surface area contributed by atoms with E-state index in [2.05, 4.69) is 71.1 Å². The molecule has 1 aromatic carbocycles. The number of phenols is 1. The molecule has 2 aromatic heterocycles. The number of aromatic amines is 1. The highest BCUT2D eigenvalue weighted by Crippen LogP contribution is 2.35. The smallest absolute Gasteiger partial charge is 0.261 e. The van der Waals surface area contributed by atoms with Gasteiger partial charge in [0.2, 0.25) is 0 Å². The van der Waals surface area contributed by atoms with Crippen molar-refractivity contribution in [2.45, 2.75) is 72.8 Å². The van der Waals surface area contributed by atoms with Gasteiger partial charge in [-0.1, -0.05) is 41.5 Å². The molecule has 0 unspecified atom stereocenters. The molecule has 168 valence electrons. The monoisotopic (exact) mass is 425 g/mol. The molecule has 7 heteroatoms. The summed E-state index contributed by atoms with van der Waals surface area (Å²) in [7, 11) is 0. The molecule has 0 aliphatic heterocycles. The molecule has 0 aliphatic carbocycles. The SMILES string of the molecule is CC(C)(C)CC(C)(C)Nc1c(C(C)(C)C)nc2c(C(=O)Nc3ccc(O)cc3)c[nH]n12. The second-order valence-electron chi connectivity index (χ2n) is 11.2. The standard InChI is InChI=1S/C24H35N5O2/c1-22(2,3)14-24(7,8)28-20-18(23(4,5)6)27-19-17(13-25-29(19)20)21(31)26-15-9-11-16(30)12-10-15/h9-13,25,28,30H,14H2,1-8H3,(H,26,31). The molecule has 7 nitrogen and oxygen atoms in total. The first-order valence-corrected chi connectivity index (χ1v) is 10.7. The summed E-state index contributed by atoms with van der Waals surface area (Å²) >= 11 is 0. The van der Waals surface area contributed by atoms with Gasteiger partial charge < -0.3 is 15.7 Å². The van der Waals surface area contributed by atoms with Crippen LogP contribution in [-0.4, -0.2) is 31.2 Å². The molecule has 2 heterocycles. The average molecular weight is 426 g/mol. The van der Waals surface area contributed by atoms with Crippen LogP contribution in [0.15, 0.2) is 30.5 Å². The normalized spacial score (nSPS) is 12.9. The summed E-state index contributed by atoms with van der Waals surface area (Å²) in [6, 6.07) is 6.39. The zero-order chi connectivity index (χ0) is 23.2. The quantitative estimate of drug-likeness (QED) is 0.403. The van der Waals surface area contributed by atoms with E-state index in [0.29, 0.717) is 16.9 Å². The van der Waals surface area contributed by atoms with Crippen molar-refractivity contribution in [1.29, 1.82) is 0 Å². The topological polar surface area (TPSA) is 94.4 Å². The van der Waals surface area contributed by atoms with Gasteiger partial charge in [0.1, 0.15) is 11.3 Å². The van der Waals surface area contributed by atoms with E-state index < -0.39 is 0 Å². The summed E-state index contributed by atoms with van der Waals surface area (Å²) in [6.45, 7) is 17.4. The van der Waals surface area contributed by atoms with Crippen LogP contribution >= 0.6 is 0 Å². The van der Waals surface area contributed by atoms with Crippen molar-refractivity contribution in [3.63, 3.8) is 0 Å². The fourth-order valence-corrected chi connectivity index (χ4v) is 4.16. The number of hydrogen-bond donors (Lipinski definition) is 4. The van der Waals surface area contributed by atoms with Gasteiger partial charge in [-0.2, -0.15) is 0 Å². The number of amides is 1. The van der Waals surface area contributed by atoms with Gasteiger partial charge in [-0.15, -0.1) is 0 Å². The summed E-state index contributed by atoms with van der Waals surface area (Å²) in [5.74, 6) is 0.766. The molecule has 4 N–H and O–H groups in total. The van der Waals surface area contributed by atoms with Gasteiger partial charge >= 0.3 is 0 Å². The molecule has 0 saturated carbocycles. The van der Waals surface area contributed by atoms with E-state index in [4.69, 9.17) is 4.98 Å². The number of hydrogen-bond acceptors (Lipinski definition) is 4. The van der Waals surface area contributed by atoms with E-state index in [-0.39, 0.29) is 28.0 Å². The van der Waals surface area contributed by atoms with Gasteiger partial charge in [0.15, 0.2) is 11.5 Å². The molecule has 0 saturated heterocycles. The summed E-state index contributed by atoms with van der Waals surface area (Å²) in [6.07, 6.45) is 2.64. The van der Waals surface area contributed by atoms with Gasteiger partial charge in [-0.25, -0.2) is 9.50 Å². The minimum Gasteiger partial charge on any atom is -0.508 e. The summed E-state index contributed by atoms with van der Waals surface area (Å²) in [5.41, 5.74) is 2.32. The Balaban J connectivity index is 2.00. The van der Waals surface area contributed by atoms with E-state index in [1.807, 2.05) is 4.52 Å². The first kappa shape index (κ1) is 22.7. The van der Waals surface area contributed by atoms with Crippen LogP contribution < -0.4 is 10.6 Å². The van der Waals surface area contributed by atoms with Crippen molar-refractivity contribution in [1.82, 2.24) is 14.6 Å². The molecule has 0 bridgehead atoms. The number of phenolic OH excluding ortho intramolecular Hbond substituents is 1. The minimum atomic E-state index is -0.261. The highest BCUT2D eigenvalue weighted by molar-refractivity contribution is 6.08. The lowest BCUT2D eigenvalue weighted by atomic mass is 9.81. The highest BCUT2D eigenvalue weighted by atomic mass is 16.3. The Bertz CT molecular complexity index is 1080. The third kappa shape index (κ3) is 5.21. The number of benzene rings is 1.